The summed E-state index contributed by atoms with van der Waals surface area (Å²) in [7, 11) is 0. The lowest BCUT2D eigenvalue weighted by atomic mass is 10.1. The van der Waals surface area contributed by atoms with Gasteiger partial charge in [-0.15, -0.1) is 0 Å². The van der Waals surface area contributed by atoms with E-state index in [1.807, 2.05) is 0 Å². The lowest BCUT2D eigenvalue weighted by Crippen LogP contribution is -2.42. The van der Waals surface area contributed by atoms with Gasteiger partial charge in [0, 0.05) is 16.8 Å². The fourth-order valence-electron chi connectivity index (χ4n) is 3.40. The predicted molar refractivity (Wildman–Crippen MR) is 124 cm³/mol. The molecule has 1 aliphatic rings. The first-order chi connectivity index (χ1) is 15.9. The summed E-state index contributed by atoms with van der Waals surface area (Å²) in [5.74, 6) is -0.517. The largest absolute Gasteiger partial charge is 0.484 e. The van der Waals surface area contributed by atoms with Crippen molar-refractivity contribution in [2.75, 3.05) is 28.7 Å². The molecule has 0 bridgehead atoms. The Balaban J connectivity index is 1.36. The minimum Gasteiger partial charge on any atom is -0.484 e. The minimum atomic E-state index is -0.369. The number of amides is 3. The Bertz CT molecular complexity index is 1220. The van der Waals surface area contributed by atoms with Crippen molar-refractivity contribution < 1.29 is 23.9 Å². The molecule has 3 aromatic rings. The van der Waals surface area contributed by atoms with E-state index in [9.17, 15) is 19.2 Å². The number of hydrogen-bond acceptors (Lipinski definition) is 5. The van der Waals surface area contributed by atoms with E-state index < -0.39 is 0 Å². The Morgan fingerprint density at radius 3 is 2.30 bits per heavy atom. The smallest absolute Gasteiger partial charge is 0.262 e. The topological polar surface area (TPSA) is 105 Å². The number of nitrogens with zero attached hydrogens (tertiary/aromatic N) is 1. The average Bonchev–Trinajstić information content (AvgIpc) is 2.82. The molecule has 1 aliphatic heterocycles. The zero-order valence-electron chi connectivity index (χ0n) is 17.8. The van der Waals surface area contributed by atoms with Gasteiger partial charge < -0.3 is 15.4 Å². The third kappa shape index (κ3) is 5.07. The summed E-state index contributed by atoms with van der Waals surface area (Å²) in [6, 6.07) is 20.0. The van der Waals surface area contributed by atoms with Crippen molar-refractivity contribution in [1.82, 2.24) is 0 Å². The van der Waals surface area contributed by atoms with Gasteiger partial charge in [-0.05, 0) is 67.6 Å². The Kier molecular flexibility index (Phi) is 6.17. The van der Waals surface area contributed by atoms with Crippen molar-refractivity contribution in [1.29, 1.82) is 0 Å². The van der Waals surface area contributed by atoms with Crippen LogP contribution in [0, 0.1) is 0 Å². The number of hydrogen-bond donors (Lipinski definition) is 2. The fraction of sp³-hybridized carbons (Fsp3) is 0.120. The quantitative estimate of drug-likeness (QED) is 0.568. The van der Waals surface area contributed by atoms with E-state index in [0.29, 0.717) is 33.9 Å². The van der Waals surface area contributed by atoms with Gasteiger partial charge in [0.1, 0.15) is 12.3 Å². The predicted octanol–water partition coefficient (Wildman–Crippen LogP) is 3.51. The number of benzene rings is 3. The van der Waals surface area contributed by atoms with E-state index in [2.05, 4.69) is 10.6 Å². The number of para-hydroxylation sites is 2. The summed E-state index contributed by atoms with van der Waals surface area (Å²) in [6.07, 6.45) is 0. The van der Waals surface area contributed by atoms with Gasteiger partial charge in [-0.25, -0.2) is 0 Å². The molecular formula is C25H21N3O5. The van der Waals surface area contributed by atoms with Crippen LogP contribution >= 0.6 is 0 Å². The summed E-state index contributed by atoms with van der Waals surface area (Å²) in [5.41, 5.74) is 2.67. The molecule has 8 heteroatoms. The van der Waals surface area contributed by atoms with Crippen LogP contribution in [-0.2, 0) is 9.59 Å². The number of anilines is 3. The van der Waals surface area contributed by atoms with Gasteiger partial charge in [-0.3, -0.25) is 24.1 Å². The SMILES string of the molecule is CC(=O)c1ccc(OCC(=O)Nc2ccc(C(=O)N3CC(=O)Nc4ccccc43)cc2)cc1. The molecule has 33 heavy (non-hydrogen) atoms. The first kappa shape index (κ1) is 21.8. The standard InChI is InChI=1S/C25H21N3O5/c1-16(29)17-8-12-20(13-9-17)33-15-24(31)26-19-10-6-18(7-11-19)25(32)28-14-23(30)27-21-4-2-3-5-22(21)28/h2-13H,14-15H2,1H3,(H,26,31)(H,27,30). The van der Waals surface area contributed by atoms with Gasteiger partial charge in [-0.1, -0.05) is 12.1 Å². The molecule has 0 atom stereocenters. The third-order valence-electron chi connectivity index (χ3n) is 5.06. The van der Waals surface area contributed by atoms with E-state index in [0.717, 1.165) is 0 Å². The second-order valence-electron chi connectivity index (χ2n) is 7.45. The molecule has 4 rings (SSSR count). The summed E-state index contributed by atoms with van der Waals surface area (Å²) in [4.78, 5) is 49.9. The zero-order valence-corrected chi connectivity index (χ0v) is 17.8. The van der Waals surface area contributed by atoms with Crippen molar-refractivity contribution in [3.05, 3.63) is 83.9 Å². The van der Waals surface area contributed by atoms with Crippen LogP contribution in [0.15, 0.2) is 72.8 Å². The number of nitrogens with one attached hydrogen (secondary N) is 2. The molecule has 0 fully saturated rings. The summed E-state index contributed by atoms with van der Waals surface area (Å²) in [5, 5.41) is 5.45. The molecule has 0 radical (unpaired) electrons. The maximum atomic E-state index is 13.0. The highest BCUT2D eigenvalue weighted by atomic mass is 16.5. The lowest BCUT2D eigenvalue weighted by Gasteiger charge is -2.29. The number of ketones is 1. The number of Topliss-reactive ketones (excluding diaryl/α,β-unsaturated/α-hetero) is 1. The van der Waals surface area contributed by atoms with Crippen LogP contribution in [0.25, 0.3) is 0 Å². The molecule has 3 aromatic carbocycles. The van der Waals surface area contributed by atoms with Crippen LogP contribution in [0.3, 0.4) is 0 Å². The molecule has 0 saturated carbocycles. The molecule has 1 heterocycles. The molecular weight excluding hydrogens is 422 g/mol. The van der Waals surface area contributed by atoms with Crippen LogP contribution in [0.2, 0.25) is 0 Å². The maximum Gasteiger partial charge on any atom is 0.262 e. The van der Waals surface area contributed by atoms with Gasteiger partial charge in [0.15, 0.2) is 12.4 Å². The van der Waals surface area contributed by atoms with E-state index in [1.165, 1.54) is 11.8 Å². The number of carbonyl (C=O) groups excluding carboxylic acids is 4. The molecule has 2 N–H and O–H groups in total. The van der Waals surface area contributed by atoms with E-state index >= 15 is 0 Å². The molecule has 0 aliphatic carbocycles. The molecule has 3 amide bonds. The van der Waals surface area contributed by atoms with Crippen LogP contribution in [0.4, 0.5) is 17.1 Å². The van der Waals surface area contributed by atoms with Gasteiger partial charge in [0.05, 0.1) is 11.4 Å². The highest BCUT2D eigenvalue weighted by Crippen LogP contribution is 2.30. The Morgan fingerprint density at radius 1 is 0.939 bits per heavy atom. The summed E-state index contributed by atoms with van der Waals surface area (Å²) in [6.45, 7) is 1.20. The minimum absolute atomic E-state index is 0.0472. The van der Waals surface area contributed by atoms with Crippen molar-refractivity contribution in [3.63, 3.8) is 0 Å². The Hall–Kier alpha value is -4.46. The first-order valence-corrected chi connectivity index (χ1v) is 10.2. The first-order valence-electron chi connectivity index (χ1n) is 10.2. The zero-order chi connectivity index (χ0) is 23.4. The number of ether oxygens (including phenoxy) is 1. The monoisotopic (exact) mass is 443 g/mol. The number of rotatable bonds is 6. The normalized spacial score (nSPS) is 12.4. The molecule has 0 saturated heterocycles. The van der Waals surface area contributed by atoms with E-state index in [4.69, 9.17) is 4.74 Å². The van der Waals surface area contributed by atoms with Crippen molar-refractivity contribution >= 4 is 40.6 Å². The van der Waals surface area contributed by atoms with Crippen molar-refractivity contribution in [3.8, 4) is 5.75 Å². The van der Waals surface area contributed by atoms with Crippen LogP contribution < -0.4 is 20.3 Å². The van der Waals surface area contributed by atoms with Crippen LogP contribution in [0.1, 0.15) is 27.6 Å². The summed E-state index contributed by atoms with van der Waals surface area (Å²) < 4.78 is 5.44. The molecule has 0 aromatic heterocycles. The fourth-order valence-corrected chi connectivity index (χ4v) is 3.40. The molecule has 0 unspecified atom stereocenters. The molecule has 166 valence electrons. The van der Waals surface area contributed by atoms with Gasteiger partial charge in [0.25, 0.3) is 11.8 Å². The highest BCUT2D eigenvalue weighted by molar-refractivity contribution is 6.15. The number of carbonyl (C=O) groups is 4. The lowest BCUT2D eigenvalue weighted by molar-refractivity contribution is -0.118. The highest BCUT2D eigenvalue weighted by Gasteiger charge is 2.27. The average molecular weight is 443 g/mol. The Morgan fingerprint density at radius 2 is 1.61 bits per heavy atom. The van der Waals surface area contributed by atoms with Gasteiger partial charge in [0.2, 0.25) is 5.91 Å². The van der Waals surface area contributed by atoms with Gasteiger partial charge >= 0.3 is 0 Å². The molecule has 8 nitrogen and oxygen atoms in total. The maximum absolute atomic E-state index is 13.0. The van der Waals surface area contributed by atoms with E-state index in [1.54, 1.807) is 72.8 Å². The Labute approximate surface area is 190 Å². The third-order valence-corrected chi connectivity index (χ3v) is 5.06. The summed E-state index contributed by atoms with van der Waals surface area (Å²) >= 11 is 0. The second-order valence-corrected chi connectivity index (χ2v) is 7.45. The number of fused-ring (bicyclic) bond motifs is 1. The van der Waals surface area contributed by atoms with Crippen LogP contribution in [-0.4, -0.2) is 36.7 Å². The van der Waals surface area contributed by atoms with Crippen LogP contribution in [0.5, 0.6) is 5.75 Å². The van der Waals surface area contributed by atoms with Crippen molar-refractivity contribution in [2.45, 2.75) is 6.92 Å². The molecule has 0 spiro atoms. The van der Waals surface area contributed by atoms with E-state index in [-0.39, 0.29) is 36.7 Å². The van der Waals surface area contributed by atoms with Gasteiger partial charge in [-0.2, -0.15) is 0 Å². The van der Waals surface area contributed by atoms with Crippen molar-refractivity contribution in [2.24, 2.45) is 0 Å². The second kappa shape index (κ2) is 9.35.